The van der Waals surface area contributed by atoms with Crippen LogP contribution < -0.4 is 5.32 Å². The largest absolute Gasteiger partial charge is 0.457 e. The average Bonchev–Trinajstić information content (AvgIpc) is 3.37. The van der Waals surface area contributed by atoms with Gasteiger partial charge in [0.05, 0.1) is 22.3 Å². The standard InChI is InChI=1S/C27H27N3O3S/c31-24(28-20-5-6-21-19(10-20)14-33-25(21)32)15-34-26-29-22-3-1-2-4-23(22)30(26)27-11-16-7-17(12-27)9-18(8-16)13-27/h1-6,10,16-18H,7-9,11-15H2,(H,28,31). The number of fused-ring (bicyclic) bond motifs is 2. The quantitative estimate of drug-likeness (QED) is 0.399. The van der Waals surface area contributed by atoms with Gasteiger partial charge in [-0.05, 0) is 86.6 Å². The number of thioether (sulfide) groups is 1. The van der Waals surface area contributed by atoms with Gasteiger partial charge in [-0.25, -0.2) is 9.78 Å². The molecule has 8 rings (SSSR count). The molecule has 1 aliphatic heterocycles. The second-order valence-electron chi connectivity index (χ2n) is 10.6. The number of cyclic esters (lactones) is 1. The first-order valence-electron chi connectivity index (χ1n) is 12.3. The lowest BCUT2D eigenvalue weighted by Gasteiger charge is -2.57. The maximum Gasteiger partial charge on any atom is 0.338 e. The lowest BCUT2D eigenvalue weighted by molar-refractivity contribution is -0.113. The lowest BCUT2D eigenvalue weighted by atomic mass is 9.53. The molecule has 5 aliphatic rings. The highest BCUT2D eigenvalue weighted by atomic mass is 32.2. The number of amides is 1. The van der Waals surface area contributed by atoms with E-state index in [2.05, 4.69) is 28.1 Å². The fourth-order valence-electron chi connectivity index (χ4n) is 7.44. The summed E-state index contributed by atoms with van der Waals surface area (Å²) in [6.45, 7) is 0.266. The third-order valence-corrected chi connectivity index (χ3v) is 9.25. The summed E-state index contributed by atoms with van der Waals surface area (Å²) >= 11 is 1.54. The van der Waals surface area contributed by atoms with Crippen molar-refractivity contribution >= 4 is 40.4 Å². The van der Waals surface area contributed by atoms with Crippen LogP contribution in [-0.4, -0.2) is 27.2 Å². The molecule has 1 aromatic heterocycles. The maximum absolute atomic E-state index is 12.9. The van der Waals surface area contributed by atoms with Crippen LogP contribution >= 0.6 is 11.8 Å². The first kappa shape index (κ1) is 20.6. The van der Waals surface area contributed by atoms with Gasteiger partial charge in [0.2, 0.25) is 5.91 Å². The Labute approximate surface area is 202 Å². The number of esters is 1. The molecule has 174 valence electrons. The van der Waals surface area contributed by atoms with Crippen LogP contribution in [0.4, 0.5) is 5.69 Å². The molecule has 7 heteroatoms. The predicted octanol–water partition coefficient (Wildman–Crippen LogP) is 5.36. The zero-order valence-corrected chi connectivity index (χ0v) is 19.8. The van der Waals surface area contributed by atoms with E-state index in [-0.39, 0.29) is 24.0 Å². The second-order valence-corrected chi connectivity index (χ2v) is 11.6. The minimum Gasteiger partial charge on any atom is -0.457 e. The van der Waals surface area contributed by atoms with Crippen molar-refractivity contribution in [3.05, 3.63) is 53.6 Å². The highest BCUT2D eigenvalue weighted by Crippen LogP contribution is 2.60. The Morgan fingerprint density at radius 1 is 1.09 bits per heavy atom. The minimum absolute atomic E-state index is 0.0701. The van der Waals surface area contributed by atoms with Crippen LogP contribution in [0.15, 0.2) is 47.6 Å². The molecule has 34 heavy (non-hydrogen) atoms. The third kappa shape index (κ3) is 3.28. The first-order chi connectivity index (χ1) is 16.6. The van der Waals surface area contributed by atoms with Gasteiger partial charge in [-0.3, -0.25) is 4.79 Å². The molecule has 2 heterocycles. The Kier molecular flexibility index (Phi) is 4.60. The number of imidazole rings is 1. The Bertz CT molecular complexity index is 1290. The van der Waals surface area contributed by atoms with E-state index in [0.29, 0.717) is 17.0 Å². The number of ether oxygens (including phenoxy) is 1. The van der Waals surface area contributed by atoms with Crippen LogP contribution in [0.25, 0.3) is 11.0 Å². The Balaban J connectivity index is 1.15. The van der Waals surface area contributed by atoms with Crippen LogP contribution in [0.2, 0.25) is 0 Å². The number of carbonyl (C=O) groups is 2. The molecule has 4 fully saturated rings. The summed E-state index contributed by atoms with van der Waals surface area (Å²) in [6, 6.07) is 13.7. The summed E-state index contributed by atoms with van der Waals surface area (Å²) in [5, 5.41) is 3.95. The number of hydrogen-bond acceptors (Lipinski definition) is 5. The van der Waals surface area contributed by atoms with Crippen LogP contribution in [0.1, 0.15) is 54.4 Å². The summed E-state index contributed by atoms with van der Waals surface area (Å²) < 4.78 is 7.58. The summed E-state index contributed by atoms with van der Waals surface area (Å²) in [4.78, 5) is 29.5. The van der Waals surface area contributed by atoms with E-state index in [1.54, 1.807) is 12.1 Å². The number of hydrogen-bond donors (Lipinski definition) is 1. The molecule has 1 N–H and O–H groups in total. The van der Waals surface area contributed by atoms with Crippen molar-refractivity contribution in [2.75, 3.05) is 11.1 Å². The normalized spacial score (nSPS) is 28.8. The minimum atomic E-state index is -0.299. The Morgan fingerprint density at radius 2 is 1.82 bits per heavy atom. The molecular formula is C27H27N3O3S. The number of nitrogens with zero attached hydrogens (tertiary/aromatic N) is 2. The summed E-state index contributed by atoms with van der Waals surface area (Å²) in [6.07, 6.45) is 7.93. The number of para-hydroxylation sites is 2. The van der Waals surface area contributed by atoms with Crippen molar-refractivity contribution < 1.29 is 14.3 Å². The van der Waals surface area contributed by atoms with E-state index in [1.807, 2.05) is 12.1 Å². The van der Waals surface area contributed by atoms with E-state index in [4.69, 9.17) is 9.72 Å². The van der Waals surface area contributed by atoms with E-state index in [9.17, 15) is 9.59 Å². The van der Waals surface area contributed by atoms with Crippen LogP contribution in [0.3, 0.4) is 0 Å². The molecule has 0 saturated heterocycles. The molecule has 4 aliphatic carbocycles. The predicted molar refractivity (Wildman–Crippen MR) is 131 cm³/mol. The molecule has 0 spiro atoms. The highest BCUT2D eigenvalue weighted by molar-refractivity contribution is 7.99. The van der Waals surface area contributed by atoms with Crippen molar-refractivity contribution in [3.63, 3.8) is 0 Å². The van der Waals surface area contributed by atoms with Crippen LogP contribution in [0.5, 0.6) is 0 Å². The van der Waals surface area contributed by atoms with Gasteiger partial charge >= 0.3 is 5.97 Å². The van der Waals surface area contributed by atoms with E-state index in [0.717, 1.165) is 34.0 Å². The summed E-state index contributed by atoms with van der Waals surface area (Å²) in [5.74, 6) is 2.44. The number of nitrogens with one attached hydrogen (secondary N) is 1. The van der Waals surface area contributed by atoms with Crippen LogP contribution in [0, 0.1) is 17.8 Å². The van der Waals surface area contributed by atoms with Crippen molar-refractivity contribution in [1.82, 2.24) is 9.55 Å². The van der Waals surface area contributed by atoms with Crippen molar-refractivity contribution in [2.45, 2.75) is 55.8 Å². The molecule has 0 radical (unpaired) electrons. The Hall–Kier alpha value is -2.80. The monoisotopic (exact) mass is 473 g/mol. The molecule has 4 saturated carbocycles. The number of anilines is 1. The molecule has 1 amide bonds. The fourth-order valence-corrected chi connectivity index (χ4v) is 8.35. The van der Waals surface area contributed by atoms with E-state index in [1.165, 1.54) is 55.8 Å². The van der Waals surface area contributed by atoms with E-state index >= 15 is 0 Å². The molecule has 2 aromatic carbocycles. The van der Waals surface area contributed by atoms with Gasteiger partial charge in [0.15, 0.2) is 5.16 Å². The SMILES string of the molecule is O=C(CSc1nc2ccccc2n1C12CC3CC(CC(C3)C1)C2)Nc1ccc2c(c1)COC2=O. The molecule has 0 atom stereocenters. The zero-order chi connectivity index (χ0) is 22.9. The Morgan fingerprint density at radius 3 is 2.59 bits per heavy atom. The van der Waals surface area contributed by atoms with Gasteiger partial charge in [-0.1, -0.05) is 23.9 Å². The maximum atomic E-state index is 12.9. The summed E-state index contributed by atoms with van der Waals surface area (Å²) in [7, 11) is 0. The zero-order valence-electron chi connectivity index (χ0n) is 19.0. The molecule has 3 aromatic rings. The number of rotatable bonds is 5. The average molecular weight is 474 g/mol. The van der Waals surface area contributed by atoms with Gasteiger partial charge < -0.3 is 14.6 Å². The second kappa shape index (κ2) is 7.60. The molecular weight excluding hydrogens is 446 g/mol. The molecule has 6 nitrogen and oxygen atoms in total. The third-order valence-electron chi connectivity index (χ3n) is 8.31. The number of aromatic nitrogens is 2. The topological polar surface area (TPSA) is 73.2 Å². The molecule has 4 bridgehead atoms. The van der Waals surface area contributed by atoms with Crippen molar-refractivity contribution in [1.29, 1.82) is 0 Å². The van der Waals surface area contributed by atoms with E-state index < -0.39 is 0 Å². The summed E-state index contributed by atoms with van der Waals surface area (Å²) in [5.41, 5.74) is 4.46. The number of carbonyl (C=O) groups excluding carboxylic acids is 2. The van der Waals surface area contributed by atoms with Crippen molar-refractivity contribution in [3.8, 4) is 0 Å². The van der Waals surface area contributed by atoms with Gasteiger partial charge in [0, 0.05) is 16.8 Å². The van der Waals surface area contributed by atoms with Crippen molar-refractivity contribution in [2.24, 2.45) is 17.8 Å². The van der Waals surface area contributed by atoms with Gasteiger partial charge in [0.25, 0.3) is 0 Å². The van der Waals surface area contributed by atoms with Crippen LogP contribution in [-0.2, 0) is 21.7 Å². The van der Waals surface area contributed by atoms with Gasteiger partial charge in [0.1, 0.15) is 6.61 Å². The number of benzene rings is 2. The molecule has 0 unspecified atom stereocenters. The van der Waals surface area contributed by atoms with Gasteiger partial charge in [-0.2, -0.15) is 0 Å². The smallest absolute Gasteiger partial charge is 0.338 e. The fraction of sp³-hybridized carbons (Fsp3) is 0.444. The highest BCUT2D eigenvalue weighted by Gasteiger charge is 2.53. The van der Waals surface area contributed by atoms with Gasteiger partial charge in [-0.15, -0.1) is 0 Å². The first-order valence-corrected chi connectivity index (χ1v) is 13.3. The lowest BCUT2D eigenvalue weighted by Crippen LogP contribution is -2.52.